The van der Waals surface area contributed by atoms with Crippen LogP contribution in [0.15, 0.2) is 36.4 Å². The van der Waals surface area contributed by atoms with Gasteiger partial charge < -0.3 is 15.0 Å². The first kappa shape index (κ1) is 14.0. The lowest BCUT2D eigenvalue weighted by atomic mass is 10.3. The van der Waals surface area contributed by atoms with Crippen molar-refractivity contribution in [2.75, 3.05) is 5.32 Å². The zero-order valence-electron chi connectivity index (χ0n) is 12.9. The molecular weight excluding hydrogens is 308 g/mol. The van der Waals surface area contributed by atoms with Crippen LogP contribution in [0.4, 0.5) is 10.8 Å². The molecule has 0 radical (unpaired) electrons. The summed E-state index contributed by atoms with van der Waals surface area (Å²) in [5, 5.41) is 13.9. The topological polar surface area (TPSA) is 63.0 Å². The van der Waals surface area contributed by atoms with Crippen molar-refractivity contribution in [2.24, 2.45) is 0 Å². The van der Waals surface area contributed by atoms with E-state index in [0.717, 1.165) is 38.8 Å². The van der Waals surface area contributed by atoms with E-state index in [-0.39, 0.29) is 5.75 Å². The van der Waals surface area contributed by atoms with Gasteiger partial charge in [-0.05, 0) is 38.1 Å². The van der Waals surface area contributed by atoms with E-state index in [1.165, 1.54) is 0 Å². The molecule has 2 heterocycles. The molecule has 0 aliphatic heterocycles. The molecule has 0 saturated carbocycles. The van der Waals surface area contributed by atoms with E-state index < -0.39 is 0 Å². The molecule has 2 aromatic heterocycles. The number of imidazole rings is 1. The molecule has 5 nitrogen and oxygen atoms in total. The molecule has 0 atom stereocenters. The summed E-state index contributed by atoms with van der Waals surface area (Å²) in [5.41, 5.74) is 3.65. The highest BCUT2D eigenvalue weighted by molar-refractivity contribution is 7.22. The number of para-hydroxylation sites is 2. The van der Waals surface area contributed by atoms with Gasteiger partial charge in [-0.1, -0.05) is 23.5 Å². The normalized spacial score (nSPS) is 11.4. The van der Waals surface area contributed by atoms with Crippen molar-refractivity contribution in [1.82, 2.24) is 14.5 Å². The molecule has 2 aromatic carbocycles. The molecule has 6 heteroatoms. The van der Waals surface area contributed by atoms with Crippen molar-refractivity contribution >= 4 is 43.4 Å². The first-order valence-electron chi connectivity index (χ1n) is 7.48. The van der Waals surface area contributed by atoms with E-state index in [2.05, 4.69) is 27.9 Å². The minimum absolute atomic E-state index is 0.214. The van der Waals surface area contributed by atoms with Gasteiger partial charge in [-0.3, -0.25) is 0 Å². The molecule has 2 N–H and O–H groups in total. The summed E-state index contributed by atoms with van der Waals surface area (Å²) in [6.45, 7) is 4.99. The molecule has 4 rings (SSSR count). The number of hydrogen-bond acceptors (Lipinski definition) is 5. The van der Waals surface area contributed by atoms with Gasteiger partial charge in [0.1, 0.15) is 17.1 Å². The molecule has 0 fully saturated rings. The van der Waals surface area contributed by atoms with Gasteiger partial charge >= 0.3 is 0 Å². The van der Waals surface area contributed by atoms with Crippen LogP contribution in [0, 0.1) is 6.92 Å². The summed E-state index contributed by atoms with van der Waals surface area (Å²) in [4.78, 5) is 9.34. The van der Waals surface area contributed by atoms with Crippen molar-refractivity contribution < 1.29 is 5.11 Å². The van der Waals surface area contributed by atoms with Crippen LogP contribution in [0.2, 0.25) is 0 Å². The molecule has 0 spiro atoms. The summed E-state index contributed by atoms with van der Waals surface area (Å²) in [5.74, 6) is 1.21. The third-order valence-corrected chi connectivity index (χ3v) is 4.85. The number of aromatic nitrogens is 3. The summed E-state index contributed by atoms with van der Waals surface area (Å²) in [6, 6.07) is 11.3. The monoisotopic (exact) mass is 324 g/mol. The van der Waals surface area contributed by atoms with Crippen LogP contribution in [0.1, 0.15) is 12.7 Å². The summed E-state index contributed by atoms with van der Waals surface area (Å²) in [7, 11) is 0. The fourth-order valence-electron chi connectivity index (χ4n) is 2.86. The van der Waals surface area contributed by atoms with Crippen molar-refractivity contribution in [1.29, 1.82) is 0 Å². The van der Waals surface area contributed by atoms with Crippen LogP contribution in [-0.4, -0.2) is 19.6 Å². The number of nitrogens with one attached hydrogen (secondary N) is 1. The molecule has 0 saturated heterocycles. The van der Waals surface area contributed by atoms with Gasteiger partial charge in [0.15, 0.2) is 5.13 Å². The molecule has 0 amide bonds. The van der Waals surface area contributed by atoms with Crippen molar-refractivity contribution in [3.8, 4) is 5.75 Å². The number of nitrogens with zero attached hydrogens (tertiary/aromatic N) is 3. The number of benzene rings is 2. The maximum Gasteiger partial charge on any atom is 0.188 e. The van der Waals surface area contributed by atoms with Crippen LogP contribution < -0.4 is 5.32 Å². The quantitative estimate of drug-likeness (QED) is 0.547. The Kier molecular flexibility index (Phi) is 3.20. The Morgan fingerprint density at radius 2 is 2.00 bits per heavy atom. The zero-order valence-corrected chi connectivity index (χ0v) is 13.7. The van der Waals surface area contributed by atoms with E-state index in [1.54, 1.807) is 23.5 Å². The first-order chi connectivity index (χ1) is 11.2. The van der Waals surface area contributed by atoms with Crippen LogP contribution in [-0.2, 0) is 6.54 Å². The predicted octanol–water partition coefficient (Wildman–Crippen LogP) is 4.42. The number of fused-ring (bicyclic) bond motifs is 3. The van der Waals surface area contributed by atoms with Gasteiger partial charge in [-0.2, -0.15) is 0 Å². The molecule has 4 aromatic rings. The van der Waals surface area contributed by atoms with Crippen molar-refractivity contribution in [2.45, 2.75) is 20.4 Å². The first-order valence-corrected chi connectivity index (χ1v) is 8.30. The molecule has 23 heavy (non-hydrogen) atoms. The van der Waals surface area contributed by atoms with E-state index in [4.69, 9.17) is 4.98 Å². The standard InChI is InChI=1S/C17H16N4OS/c1-3-21-10(2)18-12-8-9-14-15(16(12)21)20-17(23-14)19-11-6-4-5-7-13(11)22/h4-9,22H,3H2,1-2H3,(H,19,20). The van der Waals surface area contributed by atoms with Crippen LogP contribution in [0.5, 0.6) is 5.75 Å². The third kappa shape index (κ3) is 2.22. The van der Waals surface area contributed by atoms with Crippen molar-refractivity contribution in [3.05, 3.63) is 42.2 Å². The van der Waals surface area contributed by atoms with Gasteiger partial charge in [-0.15, -0.1) is 0 Å². The molecule has 116 valence electrons. The molecule has 0 bridgehead atoms. The second-order valence-electron chi connectivity index (χ2n) is 5.34. The highest BCUT2D eigenvalue weighted by Crippen LogP contribution is 2.35. The van der Waals surface area contributed by atoms with Gasteiger partial charge in [0.25, 0.3) is 0 Å². The predicted molar refractivity (Wildman–Crippen MR) is 94.7 cm³/mol. The lowest BCUT2D eigenvalue weighted by Gasteiger charge is -2.04. The summed E-state index contributed by atoms with van der Waals surface area (Å²) in [6.07, 6.45) is 0. The van der Waals surface area contributed by atoms with Crippen LogP contribution in [0.25, 0.3) is 21.3 Å². The second kappa shape index (κ2) is 5.24. The average Bonchev–Trinajstić information content (AvgIpc) is 3.08. The maximum absolute atomic E-state index is 9.90. The maximum atomic E-state index is 9.90. The summed E-state index contributed by atoms with van der Waals surface area (Å²) < 4.78 is 3.28. The Morgan fingerprint density at radius 3 is 2.78 bits per heavy atom. The third-order valence-electron chi connectivity index (χ3n) is 3.92. The van der Waals surface area contributed by atoms with Crippen LogP contribution >= 0.6 is 11.3 Å². The fourth-order valence-corrected chi connectivity index (χ4v) is 3.74. The molecule has 0 aliphatic carbocycles. The highest BCUT2D eigenvalue weighted by atomic mass is 32.1. The number of hydrogen-bond donors (Lipinski definition) is 2. The van der Waals surface area contributed by atoms with Gasteiger partial charge in [0.2, 0.25) is 0 Å². The van der Waals surface area contributed by atoms with E-state index in [0.29, 0.717) is 5.69 Å². The number of anilines is 2. The molecule has 0 aliphatic rings. The fraction of sp³-hybridized carbons (Fsp3) is 0.176. The zero-order chi connectivity index (χ0) is 16.0. The number of phenols is 1. The second-order valence-corrected chi connectivity index (χ2v) is 6.38. The lowest BCUT2D eigenvalue weighted by molar-refractivity contribution is 0.478. The number of thiazole rings is 1. The number of aromatic hydroxyl groups is 1. The Bertz CT molecular complexity index is 1020. The Morgan fingerprint density at radius 1 is 1.17 bits per heavy atom. The number of aryl methyl sites for hydroxylation is 2. The SMILES string of the molecule is CCn1c(C)nc2ccc3sc(Nc4ccccc4O)nc3c21. The Balaban J connectivity index is 1.87. The molecular formula is C17H16N4OS. The minimum Gasteiger partial charge on any atom is -0.506 e. The van der Waals surface area contributed by atoms with Crippen LogP contribution in [0.3, 0.4) is 0 Å². The highest BCUT2D eigenvalue weighted by Gasteiger charge is 2.14. The van der Waals surface area contributed by atoms with Gasteiger partial charge in [-0.25, -0.2) is 9.97 Å². The Labute approximate surface area is 137 Å². The van der Waals surface area contributed by atoms with E-state index >= 15 is 0 Å². The Hall–Kier alpha value is -2.60. The largest absolute Gasteiger partial charge is 0.506 e. The van der Waals surface area contributed by atoms with E-state index in [9.17, 15) is 5.11 Å². The van der Waals surface area contributed by atoms with Crippen molar-refractivity contribution in [3.63, 3.8) is 0 Å². The number of rotatable bonds is 3. The number of phenolic OH excluding ortho intramolecular Hbond substituents is 1. The average molecular weight is 324 g/mol. The van der Waals surface area contributed by atoms with E-state index in [1.807, 2.05) is 25.1 Å². The minimum atomic E-state index is 0.214. The lowest BCUT2D eigenvalue weighted by Crippen LogP contribution is -1.97. The molecule has 0 unspecified atom stereocenters. The summed E-state index contributed by atoms with van der Waals surface area (Å²) >= 11 is 1.57. The van der Waals surface area contributed by atoms with Gasteiger partial charge in [0.05, 0.1) is 21.4 Å². The smallest absolute Gasteiger partial charge is 0.188 e. The van der Waals surface area contributed by atoms with Gasteiger partial charge in [0, 0.05) is 6.54 Å².